The third-order valence-electron chi connectivity index (χ3n) is 6.21. The van der Waals surface area contributed by atoms with Crippen LogP contribution in [0.1, 0.15) is 24.3 Å². The van der Waals surface area contributed by atoms with Crippen molar-refractivity contribution in [2.75, 3.05) is 5.73 Å². The van der Waals surface area contributed by atoms with Crippen molar-refractivity contribution < 1.29 is 26.7 Å². The lowest BCUT2D eigenvalue weighted by atomic mass is 10.00. The van der Waals surface area contributed by atoms with Crippen LogP contribution in [0.5, 0.6) is 5.75 Å². The van der Waals surface area contributed by atoms with Crippen LogP contribution >= 0.6 is 0 Å². The zero-order valence-electron chi connectivity index (χ0n) is 20.5. The van der Waals surface area contributed by atoms with Gasteiger partial charge in [-0.2, -0.15) is 13.9 Å². The molecule has 40 heavy (non-hydrogen) atoms. The summed E-state index contributed by atoms with van der Waals surface area (Å²) in [5, 5.41) is 12.2. The largest absolute Gasteiger partial charge is 0.458 e. The maximum absolute atomic E-state index is 14.6. The molecule has 3 aromatic heterocycles. The first kappa shape index (κ1) is 26.3. The van der Waals surface area contributed by atoms with Crippen molar-refractivity contribution in [3.8, 4) is 17.0 Å². The molecule has 14 heteroatoms. The summed E-state index contributed by atoms with van der Waals surface area (Å²) in [6.07, 6.45) is 3.01. The Hall–Kier alpha value is -5.27. The van der Waals surface area contributed by atoms with Crippen molar-refractivity contribution in [1.82, 2.24) is 19.7 Å². The van der Waals surface area contributed by atoms with Gasteiger partial charge < -0.3 is 26.0 Å². The molecule has 5 aromatic rings. The zero-order chi connectivity index (χ0) is 28.7. The van der Waals surface area contributed by atoms with Gasteiger partial charge in [-0.3, -0.25) is 4.79 Å². The van der Waals surface area contributed by atoms with Crippen LogP contribution < -0.4 is 21.6 Å². The molecule has 0 bridgehead atoms. The molecule has 0 saturated heterocycles. The Kier molecular flexibility index (Phi) is 6.67. The summed E-state index contributed by atoms with van der Waals surface area (Å²) in [4.78, 5) is 21.7. The molecule has 1 unspecified atom stereocenters. The monoisotopic (exact) mass is 553 g/mol. The van der Waals surface area contributed by atoms with Gasteiger partial charge in [-0.25, -0.2) is 23.4 Å². The molecule has 0 spiro atoms. The molecule has 3 heterocycles. The Morgan fingerprint density at radius 2 is 1.93 bits per heavy atom. The highest BCUT2D eigenvalue weighted by atomic mass is 19.3. The normalized spacial score (nSPS) is 12.8. The van der Waals surface area contributed by atoms with E-state index >= 15 is 0 Å². The van der Waals surface area contributed by atoms with E-state index in [-0.39, 0.29) is 56.0 Å². The Morgan fingerprint density at radius 3 is 2.60 bits per heavy atom. The molecular formula is C26H19F4N7O3. The molecule has 0 aliphatic heterocycles. The minimum absolute atomic E-state index is 0.0175. The van der Waals surface area contributed by atoms with Crippen LogP contribution in [-0.2, 0) is 0 Å². The third-order valence-corrected chi connectivity index (χ3v) is 6.21. The second kappa shape index (κ2) is 10.1. The van der Waals surface area contributed by atoms with E-state index in [1.54, 1.807) is 6.92 Å². The molecule has 0 amide bonds. The maximum atomic E-state index is 14.6. The van der Waals surface area contributed by atoms with Gasteiger partial charge in [0, 0.05) is 23.6 Å². The van der Waals surface area contributed by atoms with E-state index in [1.165, 1.54) is 29.2 Å². The summed E-state index contributed by atoms with van der Waals surface area (Å²) in [5.41, 5.74) is 11.2. The van der Waals surface area contributed by atoms with Crippen molar-refractivity contribution in [3.05, 3.63) is 82.1 Å². The first-order valence-electron chi connectivity index (χ1n) is 11.6. The van der Waals surface area contributed by atoms with E-state index < -0.39 is 35.5 Å². The number of ether oxygens (including phenoxy) is 1. The van der Waals surface area contributed by atoms with Gasteiger partial charge in [0.15, 0.2) is 17.2 Å². The second-order valence-electron chi connectivity index (χ2n) is 8.50. The molecule has 0 aliphatic carbocycles. The summed E-state index contributed by atoms with van der Waals surface area (Å²) in [5.74, 6) is -2.60. The first-order valence-corrected chi connectivity index (χ1v) is 11.6. The number of fused-ring (bicyclic) bond motifs is 2. The average Bonchev–Trinajstić information content (AvgIpc) is 3.32. The standard InChI is InChI=1S/C26H19F4N7O3/c1-11(23-18(13(8-31)9-32)22(38)19-14(27)3-2-4-17(19)39-23)37-25-20(24(33)34-10-35-25)21(36-37)12-5-6-16(15(28)7-12)40-26(29)30/h2-11,26,31H,32H2,1H3,(H2,33,34,35)/b13-9+,31-8?. The Labute approximate surface area is 222 Å². The summed E-state index contributed by atoms with van der Waals surface area (Å²) >= 11 is 0. The quantitative estimate of drug-likeness (QED) is 0.195. The molecule has 0 radical (unpaired) electrons. The fourth-order valence-electron chi connectivity index (χ4n) is 4.41. The number of hydrogen-bond acceptors (Lipinski definition) is 9. The number of halogens is 4. The molecule has 0 aliphatic rings. The van der Waals surface area contributed by atoms with Gasteiger partial charge in [0.2, 0.25) is 5.43 Å². The fourth-order valence-corrected chi connectivity index (χ4v) is 4.41. The van der Waals surface area contributed by atoms with Gasteiger partial charge in [0.25, 0.3) is 0 Å². The molecule has 1 atom stereocenters. The van der Waals surface area contributed by atoms with Crippen LogP contribution in [0.4, 0.5) is 23.4 Å². The number of hydrogen-bond donors (Lipinski definition) is 3. The number of nitrogens with two attached hydrogens (primary N) is 2. The lowest BCUT2D eigenvalue weighted by Crippen LogP contribution is -2.19. The average molecular weight is 553 g/mol. The number of benzene rings is 2. The maximum Gasteiger partial charge on any atom is 0.387 e. The van der Waals surface area contributed by atoms with Crippen molar-refractivity contribution in [3.63, 3.8) is 0 Å². The summed E-state index contributed by atoms with van der Waals surface area (Å²) in [6, 6.07) is 6.20. The van der Waals surface area contributed by atoms with E-state index in [9.17, 15) is 22.4 Å². The summed E-state index contributed by atoms with van der Waals surface area (Å²) < 4.78 is 66.0. The highest BCUT2D eigenvalue weighted by molar-refractivity contribution is 6.09. The Bertz CT molecular complexity index is 1880. The second-order valence-corrected chi connectivity index (χ2v) is 8.50. The summed E-state index contributed by atoms with van der Waals surface area (Å²) in [7, 11) is 0. The first-order chi connectivity index (χ1) is 19.2. The van der Waals surface area contributed by atoms with Crippen LogP contribution in [0.15, 0.2) is 58.1 Å². The van der Waals surface area contributed by atoms with Crippen LogP contribution in [0.2, 0.25) is 0 Å². The van der Waals surface area contributed by atoms with Gasteiger partial charge >= 0.3 is 6.61 Å². The number of aromatic nitrogens is 4. The number of alkyl halides is 2. The van der Waals surface area contributed by atoms with E-state index in [2.05, 4.69) is 19.8 Å². The molecule has 2 aromatic carbocycles. The van der Waals surface area contributed by atoms with Crippen LogP contribution in [0.3, 0.4) is 0 Å². The van der Waals surface area contributed by atoms with Gasteiger partial charge in [-0.15, -0.1) is 0 Å². The number of rotatable bonds is 7. The summed E-state index contributed by atoms with van der Waals surface area (Å²) in [6.45, 7) is -1.63. The van der Waals surface area contributed by atoms with Crippen LogP contribution in [0.25, 0.3) is 38.8 Å². The molecule has 0 fully saturated rings. The van der Waals surface area contributed by atoms with Gasteiger partial charge in [-0.05, 0) is 37.3 Å². The predicted octanol–water partition coefficient (Wildman–Crippen LogP) is 4.62. The fraction of sp³-hybridized carbons (Fsp3) is 0.115. The van der Waals surface area contributed by atoms with Crippen molar-refractivity contribution in [1.29, 1.82) is 5.41 Å². The van der Waals surface area contributed by atoms with Gasteiger partial charge in [0.05, 0.1) is 10.9 Å². The van der Waals surface area contributed by atoms with Crippen molar-refractivity contribution in [2.45, 2.75) is 19.6 Å². The topological polar surface area (TPSA) is 159 Å². The van der Waals surface area contributed by atoms with Gasteiger partial charge in [-0.1, -0.05) is 6.07 Å². The van der Waals surface area contributed by atoms with E-state index in [1.807, 2.05) is 0 Å². The van der Waals surface area contributed by atoms with E-state index in [0.29, 0.717) is 0 Å². The highest BCUT2D eigenvalue weighted by Gasteiger charge is 2.28. The Balaban J connectivity index is 1.77. The molecular weight excluding hydrogens is 534 g/mol. The zero-order valence-corrected chi connectivity index (χ0v) is 20.5. The number of nitrogen functional groups attached to an aromatic ring is 1. The van der Waals surface area contributed by atoms with Crippen LogP contribution in [0, 0.1) is 17.0 Å². The third kappa shape index (κ3) is 4.28. The number of nitrogens with zero attached hydrogens (tertiary/aromatic N) is 4. The Morgan fingerprint density at radius 1 is 1.15 bits per heavy atom. The lowest BCUT2D eigenvalue weighted by molar-refractivity contribution is -0.0521. The van der Waals surface area contributed by atoms with E-state index in [0.717, 1.165) is 30.6 Å². The van der Waals surface area contributed by atoms with Gasteiger partial charge in [0.1, 0.15) is 46.4 Å². The van der Waals surface area contributed by atoms with Crippen molar-refractivity contribution in [2.24, 2.45) is 5.73 Å². The highest BCUT2D eigenvalue weighted by Crippen LogP contribution is 2.36. The molecule has 10 nitrogen and oxygen atoms in total. The van der Waals surface area contributed by atoms with Crippen molar-refractivity contribution >= 4 is 39.6 Å². The van der Waals surface area contributed by atoms with Crippen LogP contribution in [-0.4, -0.2) is 32.6 Å². The molecule has 5 N–H and O–H groups in total. The predicted molar refractivity (Wildman–Crippen MR) is 139 cm³/mol. The van der Waals surface area contributed by atoms with E-state index in [4.69, 9.17) is 21.3 Å². The molecule has 204 valence electrons. The minimum Gasteiger partial charge on any atom is -0.458 e. The smallest absolute Gasteiger partial charge is 0.387 e. The number of nitrogens with one attached hydrogen (secondary N) is 1. The number of anilines is 1. The lowest BCUT2D eigenvalue weighted by Gasteiger charge is -2.17. The SMILES string of the molecule is CC(c1oc2cccc(F)c2c(=O)c1/C(C=N)=C/N)n1nc(-c2ccc(OC(F)F)c(F)c2)c2c(N)ncnc21. The minimum atomic E-state index is -3.22. The molecule has 5 rings (SSSR count). The number of allylic oxidation sites excluding steroid dienone is 1. The molecule has 0 saturated carbocycles.